The standard InChI is InChI=1S/C12H11FN2/c1-8-10(3-2-4-11(8)13)12-7-9(14)5-6-15-12/h2-7H,1H3,(H2,14,15). The molecule has 2 nitrogen and oxygen atoms in total. The average Bonchev–Trinajstić information content (AvgIpc) is 2.22. The van der Waals surface area contributed by atoms with Crippen molar-refractivity contribution in [2.75, 3.05) is 5.73 Å². The lowest BCUT2D eigenvalue weighted by atomic mass is 10.0. The van der Waals surface area contributed by atoms with E-state index in [2.05, 4.69) is 4.98 Å². The van der Waals surface area contributed by atoms with E-state index in [1.807, 2.05) is 6.07 Å². The first-order chi connectivity index (χ1) is 7.18. The van der Waals surface area contributed by atoms with Crippen LogP contribution in [-0.2, 0) is 0 Å². The molecule has 0 bridgehead atoms. The fourth-order valence-electron chi connectivity index (χ4n) is 1.48. The molecule has 76 valence electrons. The van der Waals surface area contributed by atoms with Gasteiger partial charge in [0.15, 0.2) is 0 Å². The highest BCUT2D eigenvalue weighted by atomic mass is 19.1. The molecule has 0 atom stereocenters. The lowest BCUT2D eigenvalue weighted by Gasteiger charge is -2.06. The number of nitrogen functional groups attached to an aromatic ring is 1. The number of anilines is 1. The van der Waals surface area contributed by atoms with Gasteiger partial charge in [0.25, 0.3) is 0 Å². The van der Waals surface area contributed by atoms with E-state index >= 15 is 0 Å². The van der Waals surface area contributed by atoms with Gasteiger partial charge < -0.3 is 5.73 Å². The number of halogens is 1. The van der Waals surface area contributed by atoms with Crippen molar-refractivity contribution >= 4 is 5.69 Å². The van der Waals surface area contributed by atoms with Gasteiger partial charge in [0.1, 0.15) is 5.82 Å². The molecule has 2 rings (SSSR count). The molecule has 0 aliphatic heterocycles. The summed E-state index contributed by atoms with van der Waals surface area (Å²) < 4.78 is 13.3. The van der Waals surface area contributed by atoms with Crippen LogP contribution in [0, 0.1) is 12.7 Å². The number of rotatable bonds is 1. The largest absolute Gasteiger partial charge is 0.399 e. The monoisotopic (exact) mass is 202 g/mol. The van der Waals surface area contributed by atoms with Gasteiger partial charge in [-0.2, -0.15) is 0 Å². The molecule has 0 saturated heterocycles. The summed E-state index contributed by atoms with van der Waals surface area (Å²) in [7, 11) is 0. The predicted molar refractivity (Wildman–Crippen MR) is 58.8 cm³/mol. The Morgan fingerprint density at radius 3 is 2.80 bits per heavy atom. The van der Waals surface area contributed by atoms with Gasteiger partial charge in [0, 0.05) is 17.4 Å². The topological polar surface area (TPSA) is 38.9 Å². The van der Waals surface area contributed by atoms with E-state index in [4.69, 9.17) is 5.73 Å². The van der Waals surface area contributed by atoms with Crippen LogP contribution in [-0.4, -0.2) is 4.98 Å². The Morgan fingerprint density at radius 2 is 2.07 bits per heavy atom. The highest BCUT2D eigenvalue weighted by molar-refractivity contribution is 5.66. The summed E-state index contributed by atoms with van der Waals surface area (Å²) in [5, 5.41) is 0. The first kappa shape index (κ1) is 9.65. The van der Waals surface area contributed by atoms with Gasteiger partial charge in [-0.3, -0.25) is 4.98 Å². The highest BCUT2D eigenvalue weighted by Crippen LogP contribution is 2.24. The SMILES string of the molecule is Cc1c(F)cccc1-c1cc(N)ccn1. The third kappa shape index (κ3) is 1.81. The van der Waals surface area contributed by atoms with Crippen LogP contribution in [0.25, 0.3) is 11.3 Å². The lowest BCUT2D eigenvalue weighted by molar-refractivity contribution is 0.619. The Hall–Kier alpha value is -1.90. The maximum absolute atomic E-state index is 13.3. The molecule has 3 heteroatoms. The van der Waals surface area contributed by atoms with Crippen molar-refractivity contribution in [1.29, 1.82) is 0 Å². The summed E-state index contributed by atoms with van der Waals surface area (Å²) in [6.07, 6.45) is 1.62. The van der Waals surface area contributed by atoms with Crippen molar-refractivity contribution in [3.8, 4) is 11.3 Å². The first-order valence-corrected chi connectivity index (χ1v) is 4.65. The second kappa shape index (κ2) is 3.69. The molecule has 15 heavy (non-hydrogen) atoms. The second-order valence-electron chi connectivity index (χ2n) is 3.39. The Balaban J connectivity index is 2.59. The molecule has 0 unspecified atom stereocenters. The molecule has 0 spiro atoms. The zero-order valence-corrected chi connectivity index (χ0v) is 8.37. The fraction of sp³-hybridized carbons (Fsp3) is 0.0833. The highest BCUT2D eigenvalue weighted by Gasteiger charge is 2.06. The molecule has 0 saturated carbocycles. The molecule has 1 heterocycles. The Morgan fingerprint density at radius 1 is 1.27 bits per heavy atom. The number of nitrogens with two attached hydrogens (primary N) is 1. The molecular weight excluding hydrogens is 191 g/mol. The van der Waals surface area contributed by atoms with Crippen molar-refractivity contribution in [1.82, 2.24) is 4.98 Å². The van der Waals surface area contributed by atoms with Gasteiger partial charge in [-0.25, -0.2) is 4.39 Å². The van der Waals surface area contributed by atoms with Crippen molar-refractivity contribution in [3.05, 3.63) is 47.9 Å². The third-order valence-corrected chi connectivity index (χ3v) is 2.33. The summed E-state index contributed by atoms with van der Waals surface area (Å²) in [6, 6.07) is 8.38. The molecule has 0 aliphatic rings. The van der Waals surface area contributed by atoms with Crippen LogP contribution in [0.1, 0.15) is 5.56 Å². The number of hydrogen-bond acceptors (Lipinski definition) is 2. The maximum Gasteiger partial charge on any atom is 0.126 e. The molecule has 2 aromatic rings. The summed E-state index contributed by atoms with van der Waals surface area (Å²) in [6.45, 7) is 1.73. The Labute approximate surface area is 87.6 Å². The molecule has 1 aromatic heterocycles. The van der Waals surface area contributed by atoms with Gasteiger partial charge in [-0.15, -0.1) is 0 Å². The van der Waals surface area contributed by atoms with Crippen molar-refractivity contribution in [3.63, 3.8) is 0 Å². The molecule has 1 aromatic carbocycles. The third-order valence-electron chi connectivity index (χ3n) is 2.33. The second-order valence-corrected chi connectivity index (χ2v) is 3.39. The minimum Gasteiger partial charge on any atom is -0.399 e. The molecular formula is C12H11FN2. The van der Waals surface area contributed by atoms with E-state index in [9.17, 15) is 4.39 Å². The smallest absolute Gasteiger partial charge is 0.126 e. The minimum atomic E-state index is -0.225. The summed E-state index contributed by atoms with van der Waals surface area (Å²) in [4.78, 5) is 4.17. The molecule has 0 amide bonds. The van der Waals surface area contributed by atoms with Gasteiger partial charge in [-0.05, 0) is 30.7 Å². The summed E-state index contributed by atoms with van der Waals surface area (Å²) in [5.41, 5.74) is 8.35. The van der Waals surface area contributed by atoms with E-state index < -0.39 is 0 Å². The van der Waals surface area contributed by atoms with Crippen molar-refractivity contribution in [2.45, 2.75) is 6.92 Å². The fourth-order valence-corrected chi connectivity index (χ4v) is 1.48. The van der Waals surface area contributed by atoms with Gasteiger partial charge in [0.05, 0.1) is 5.69 Å². The minimum absolute atomic E-state index is 0.225. The maximum atomic E-state index is 13.3. The number of hydrogen-bond donors (Lipinski definition) is 1. The number of nitrogens with zero attached hydrogens (tertiary/aromatic N) is 1. The lowest BCUT2D eigenvalue weighted by Crippen LogP contribution is -1.92. The van der Waals surface area contributed by atoms with Gasteiger partial charge >= 0.3 is 0 Å². The zero-order valence-electron chi connectivity index (χ0n) is 8.37. The van der Waals surface area contributed by atoms with Crippen molar-refractivity contribution in [2.24, 2.45) is 0 Å². The molecule has 0 radical (unpaired) electrons. The van der Waals surface area contributed by atoms with Gasteiger partial charge in [0.2, 0.25) is 0 Å². The predicted octanol–water partition coefficient (Wildman–Crippen LogP) is 2.78. The molecule has 2 N–H and O–H groups in total. The molecule has 0 aliphatic carbocycles. The number of benzene rings is 1. The average molecular weight is 202 g/mol. The van der Waals surface area contributed by atoms with Gasteiger partial charge in [-0.1, -0.05) is 12.1 Å². The quantitative estimate of drug-likeness (QED) is 0.772. The number of aromatic nitrogens is 1. The van der Waals surface area contributed by atoms with E-state index in [1.165, 1.54) is 6.07 Å². The van der Waals surface area contributed by atoms with Crippen LogP contribution in [0.5, 0.6) is 0 Å². The molecule has 0 fully saturated rings. The van der Waals surface area contributed by atoms with Crippen LogP contribution in [0.4, 0.5) is 10.1 Å². The number of pyridine rings is 1. The van der Waals surface area contributed by atoms with Crippen LogP contribution in [0.2, 0.25) is 0 Å². The van der Waals surface area contributed by atoms with E-state index in [-0.39, 0.29) is 5.82 Å². The Kier molecular flexibility index (Phi) is 2.37. The Bertz CT molecular complexity index is 495. The van der Waals surface area contributed by atoms with Crippen LogP contribution < -0.4 is 5.73 Å². The van der Waals surface area contributed by atoms with Crippen molar-refractivity contribution < 1.29 is 4.39 Å². The van der Waals surface area contributed by atoms with E-state index in [0.717, 1.165) is 5.56 Å². The van der Waals surface area contributed by atoms with Crippen LogP contribution in [0.3, 0.4) is 0 Å². The zero-order chi connectivity index (χ0) is 10.8. The summed E-state index contributed by atoms with van der Waals surface area (Å²) in [5.74, 6) is -0.225. The summed E-state index contributed by atoms with van der Waals surface area (Å²) >= 11 is 0. The van der Waals surface area contributed by atoms with Crippen LogP contribution in [0.15, 0.2) is 36.5 Å². The van der Waals surface area contributed by atoms with E-state index in [0.29, 0.717) is 16.9 Å². The first-order valence-electron chi connectivity index (χ1n) is 4.65. The normalized spacial score (nSPS) is 10.3. The van der Waals surface area contributed by atoms with Crippen LogP contribution >= 0.6 is 0 Å². The van der Waals surface area contributed by atoms with E-state index in [1.54, 1.807) is 31.3 Å².